The standard InChI is InChI=1S/C15H14F4N4O4S/c1-8(24)20-4-5-28-14-13(22-27-23-14)11(21-25)6-9-2-3-10(16)12(7-9)26-15(17,18)19/h2-3,7,25H,4-6H2,1H3,(H,20,24)/b21-11+. The van der Waals surface area contributed by atoms with Crippen LogP contribution in [0.15, 0.2) is 33.0 Å². The van der Waals surface area contributed by atoms with E-state index < -0.39 is 17.9 Å². The van der Waals surface area contributed by atoms with E-state index >= 15 is 0 Å². The topological polar surface area (TPSA) is 110 Å². The van der Waals surface area contributed by atoms with Crippen molar-refractivity contribution in [3.8, 4) is 5.75 Å². The predicted octanol–water partition coefficient (Wildman–Crippen LogP) is 2.76. The molecule has 1 aromatic carbocycles. The number of hydrogen-bond donors (Lipinski definition) is 2. The van der Waals surface area contributed by atoms with E-state index in [1.165, 1.54) is 13.0 Å². The SMILES string of the molecule is CC(=O)NCCSc1nonc1/C(Cc1ccc(F)c(OC(F)(F)F)c1)=N/O. The van der Waals surface area contributed by atoms with Crippen LogP contribution in [-0.4, -0.2) is 45.8 Å². The Hall–Kier alpha value is -2.83. The normalized spacial score (nSPS) is 12.1. The van der Waals surface area contributed by atoms with Crippen molar-refractivity contribution in [1.29, 1.82) is 0 Å². The second-order valence-electron chi connectivity index (χ2n) is 5.29. The number of hydrogen-bond acceptors (Lipinski definition) is 8. The average Bonchev–Trinajstić information content (AvgIpc) is 3.06. The molecule has 2 N–H and O–H groups in total. The molecular weight excluding hydrogens is 408 g/mol. The van der Waals surface area contributed by atoms with Gasteiger partial charge in [-0.05, 0) is 28.0 Å². The molecule has 1 heterocycles. The van der Waals surface area contributed by atoms with Gasteiger partial charge in [-0.25, -0.2) is 9.02 Å². The molecule has 0 spiro atoms. The van der Waals surface area contributed by atoms with Gasteiger partial charge in [-0.1, -0.05) is 23.0 Å². The van der Waals surface area contributed by atoms with E-state index in [0.29, 0.717) is 12.3 Å². The number of oxime groups is 1. The Morgan fingerprint density at radius 2 is 2.14 bits per heavy atom. The van der Waals surface area contributed by atoms with E-state index in [2.05, 4.69) is 30.2 Å². The molecule has 28 heavy (non-hydrogen) atoms. The van der Waals surface area contributed by atoms with E-state index in [-0.39, 0.29) is 34.3 Å². The molecule has 152 valence electrons. The molecule has 0 fully saturated rings. The third kappa shape index (κ3) is 6.40. The van der Waals surface area contributed by atoms with Crippen LogP contribution in [-0.2, 0) is 11.2 Å². The monoisotopic (exact) mass is 422 g/mol. The lowest BCUT2D eigenvalue weighted by Gasteiger charge is -2.11. The number of ether oxygens (including phenoxy) is 1. The van der Waals surface area contributed by atoms with E-state index in [0.717, 1.165) is 23.9 Å². The lowest BCUT2D eigenvalue weighted by Crippen LogP contribution is -2.22. The average molecular weight is 422 g/mol. The number of amides is 1. The van der Waals surface area contributed by atoms with Gasteiger partial charge in [0.05, 0.1) is 0 Å². The Morgan fingerprint density at radius 3 is 2.79 bits per heavy atom. The van der Waals surface area contributed by atoms with Crippen LogP contribution in [0.2, 0.25) is 0 Å². The van der Waals surface area contributed by atoms with E-state index in [4.69, 9.17) is 0 Å². The van der Waals surface area contributed by atoms with Crippen LogP contribution in [0, 0.1) is 5.82 Å². The van der Waals surface area contributed by atoms with Gasteiger partial charge in [0.15, 0.2) is 22.3 Å². The molecule has 0 aliphatic rings. The van der Waals surface area contributed by atoms with Crippen LogP contribution < -0.4 is 10.1 Å². The van der Waals surface area contributed by atoms with Crippen molar-refractivity contribution in [2.45, 2.75) is 24.7 Å². The summed E-state index contributed by atoms with van der Waals surface area (Å²) in [5.41, 5.74) is 0.177. The second-order valence-corrected chi connectivity index (χ2v) is 6.37. The Bertz CT molecular complexity index is 857. The fourth-order valence-corrected chi connectivity index (χ4v) is 2.82. The number of carbonyl (C=O) groups excluding carboxylic acids is 1. The highest BCUT2D eigenvalue weighted by Gasteiger charge is 2.32. The number of nitrogens with one attached hydrogen (secondary N) is 1. The molecule has 0 aliphatic carbocycles. The van der Waals surface area contributed by atoms with Gasteiger partial charge in [-0.3, -0.25) is 4.79 Å². The first-order chi connectivity index (χ1) is 13.2. The molecule has 13 heteroatoms. The van der Waals surface area contributed by atoms with Gasteiger partial charge in [0, 0.05) is 25.6 Å². The Morgan fingerprint density at radius 1 is 1.39 bits per heavy atom. The molecule has 1 aromatic heterocycles. The highest BCUT2D eigenvalue weighted by Crippen LogP contribution is 2.27. The fourth-order valence-electron chi connectivity index (χ4n) is 2.05. The summed E-state index contributed by atoms with van der Waals surface area (Å²) in [7, 11) is 0. The van der Waals surface area contributed by atoms with Gasteiger partial charge in [0.1, 0.15) is 5.71 Å². The summed E-state index contributed by atoms with van der Waals surface area (Å²) in [5, 5.41) is 22.5. The highest BCUT2D eigenvalue weighted by atomic mass is 32.2. The van der Waals surface area contributed by atoms with Crippen molar-refractivity contribution >= 4 is 23.4 Å². The van der Waals surface area contributed by atoms with Crippen LogP contribution in [0.4, 0.5) is 17.6 Å². The molecule has 0 atom stereocenters. The van der Waals surface area contributed by atoms with Gasteiger partial charge < -0.3 is 15.3 Å². The minimum Gasteiger partial charge on any atom is -0.411 e. The lowest BCUT2D eigenvalue weighted by molar-refractivity contribution is -0.275. The number of aromatic nitrogens is 2. The summed E-state index contributed by atoms with van der Waals surface area (Å²) in [5.74, 6) is -1.99. The number of benzene rings is 1. The largest absolute Gasteiger partial charge is 0.573 e. The predicted molar refractivity (Wildman–Crippen MR) is 88.8 cm³/mol. The zero-order valence-corrected chi connectivity index (χ0v) is 15.1. The summed E-state index contributed by atoms with van der Waals surface area (Å²) >= 11 is 1.16. The number of nitrogens with zero attached hydrogens (tertiary/aromatic N) is 3. The van der Waals surface area contributed by atoms with Gasteiger partial charge in [0.25, 0.3) is 0 Å². The van der Waals surface area contributed by atoms with Crippen LogP contribution in [0.5, 0.6) is 5.75 Å². The number of carbonyl (C=O) groups is 1. The minimum absolute atomic E-state index is 0.0622. The first-order valence-corrected chi connectivity index (χ1v) is 8.63. The second kappa shape index (κ2) is 9.39. The quantitative estimate of drug-likeness (QED) is 0.168. The Labute approximate surface area is 159 Å². The van der Waals surface area contributed by atoms with Crippen molar-refractivity contribution in [2.24, 2.45) is 5.16 Å². The molecule has 2 aromatic rings. The first-order valence-electron chi connectivity index (χ1n) is 7.65. The molecule has 0 saturated heterocycles. The zero-order chi connectivity index (χ0) is 20.7. The van der Waals surface area contributed by atoms with Crippen molar-refractivity contribution in [3.05, 3.63) is 35.3 Å². The fraction of sp³-hybridized carbons (Fsp3) is 0.333. The van der Waals surface area contributed by atoms with Gasteiger partial charge in [-0.15, -0.1) is 13.2 Å². The molecule has 0 bridgehead atoms. The van der Waals surface area contributed by atoms with Crippen molar-refractivity contribution in [1.82, 2.24) is 15.6 Å². The molecule has 1 amide bonds. The molecule has 2 rings (SSSR count). The van der Waals surface area contributed by atoms with Gasteiger partial charge >= 0.3 is 6.36 Å². The first kappa shape index (κ1) is 21.5. The summed E-state index contributed by atoms with van der Waals surface area (Å²) in [6.45, 7) is 1.71. The smallest absolute Gasteiger partial charge is 0.411 e. The molecule has 0 unspecified atom stereocenters. The van der Waals surface area contributed by atoms with E-state index in [1.807, 2.05) is 0 Å². The summed E-state index contributed by atoms with van der Waals surface area (Å²) in [4.78, 5) is 10.8. The zero-order valence-electron chi connectivity index (χ0n) is 14.3. The summed E-state index contributed by atoms with van der Waals surface area (Å²) in [6, 6.07) is 2.85. The summed E-state index contributed by atoms with van der Waals surface area (Å²) < 4.78 is 58.8. The van der Waals surface area contributed by atoms with Crippen LogP contribution in [0.25, 0.3) is 0 Å². The van der Waals surface area contributed by atoms with Crippen LogP contribution in [0.3, 0.4) is 0 Å². The van der Waals surface area contributed by atoms with Gasteiger partial charge in [-0.2, -0.15) is 0 Å². The summed E-state index contributed by atoms with van der Waals surface area (Å²) in [6.07, 6.45) is -5.25. The van der Waals surface area contributed by atoms with Gasteiger partial charge in [0.2, 0.25) is 5.91 Å². The molecular formula is C15H14F4N4O4S. The number of thioether (sulfide) groups is 1. The van der Waals surface area contributed by atoms with Crippen molar-refractivity contribution in [3.63, 3.8) is 0 Å². The molecule has 0 aliphatic heterocycles. The third-order valence-corrected chi connectivity index (χ3v) is 4.11. The number of rotatable bonds is 8. The number of alkyl halides is 3. The third-order valence-electron chi connectivity index (χ3n) is 3.16. The maximum absolute atomic E-state index is 13.5. The number of halogens is 4. The Balaban J connectivity index is 2.12. The lowest BCUT2D eigenvalue weighted by atomic mass is 10.1. The van der Waals surface area contributed by atoms with Crippen molar-refractivity contribution in [2.75, 3.05) is 12.3 Å². The van der Waals surface area contributed by atoms with Crippen LogP contribution in [0.1, 0.15) is 18.2 Å². The molecule has 0 radical (unpaired) electrons. The Kier molecular flexibility index (Phi) is 7.20. The van der Waals surface area contributed by atoms with Crippen LogP contribution >= 0.6 is 11.8 Å². The maximum Gasteiger partial charge on any atom is 0.573 e. The maximum atomic E-state index is 13.5. The highest BCUT2D eigenvalue weighted by molar-refractivity contribution is 7.99. The van der Waals surface area contributed by atoms with E-state index in [1.54, 1.807) is 0 Å². The van der Waals surface area contributed by atoms with E-state index in [9.17, 15) is 27.6 Å². The molecule has 0 saturated carbocycles. The van der Waals surface area contributed by atoms with Crippen molar-refractivity contribution < 1.29 is 36.9 Å². The molecule has 8 nitrogen and oxygen atoms in total. The minimum atomic E-state index is -5.05.